The van der Waals surface area contributed by atoms with Crippen molar-refractivity contribution in [1.82, 2.24) is 5.32 Å². The molecule has 1 aliphatic rings. The van der Waals surface area contributed by atoms with Crippen LogP contribution in [0.1, 0.15) is 28.3 Å². The summed E-state index contributed by atoms with van der Waals surface area (Å²) in [6, 6.07) is 30.7. The molecule has 37 heavy (non-hydrogen) atoms. The number of anilines is 1. The van der Waals surface area contributed by atoms with Gasteiger partial charge in [-0.15, -0.1) is 0 Å². The van der Waals surface area contributed by atoms with Crippen LogP contribution in [0.15, 0.2) is 108 Å². The number of hydrogen-bond acceptors (Lipinski definition) is 4. The Kier molecular flexibility index (Phi) is 6.72. The Balaban J connectivity index is 1.49. The van der Waals surface area contributed by atoms with Gasteiger partial charge in [0, 0.05) is 0 Å². The maximum atomic E-state index is 13.7. The number of aryl methyl sites for hydroxylation is 2. The zero-order valence-corrected chi connectivity index (χ0v) is 21.5. The second kappa shape index (κ2) is 10.1. The summed E-state index contributed by atoms with van der Waals surface area (Å²) >= 11 is 0. The molecule has 0 unspecified atom stereocenters. The highest BCUT2D eigenvalue weighted by atomic mass is 32.2. The first-order valence-electron chi connectivity index (χ1n) is 12.1. The Bertz CT molecular complexity index is 1520. The first kappa shape index (κ1) is 24.6. The van der Waals surface area contributed by atoms with Crippen molar-refractivity contribution in [2.45, 2.75) is 30.9 Å². The Labute approximate surface area is 217 Å². The highest BCUT2D eigenvalue weighted by Gasteiger charge is 2.38. The van der Waals surface area contributed by atoms with Crippen LogP contribution in [0.2, 0.25) is 0 Å². The predicted octanol–water partition coefficient (Wildman–Crippen LogP) is 5.17. The van der Waals surface area contributed by atoms with Gasteiger partial charge in [-0.2, -0.15) is 0 Å². The van der Waals surface area contributed by atoms with E-state index in [0.29, 0.717) is 11.4 Å². The Morgan fingerprint density at radius 3 is 2.24 bits per heavy atom. The normalized spacial score (nSPS) is 15.8. The lowest BCUT2D eigenvalue weighted by molar-refractivity contribution is -0.128. The fourth-order valence-electron chi connectivity index (χ4n) is 4.54. The minimum Gasteiger partial charge on any atom is -0.476 e. The molecule has 5 rings (SSSR count). The lowest BCUT2D eigenvalue weighted by Gasteiger charge is -2.35. The van der Waals surface area contributed by atoms with Crippen molar-refractivity contribution >= 4 is 21.6 Å². The van der Waals surface area contributed by atoms with Crippen LogP contribution >= 0.6 is 0 Å². The molecule has 0 saturated carbocycles. The van der Waals surface area contributed by atoms with Gasteiger partial charge >= 0.3 is 0 Å². The molecule has 4 aromatic rings. The molecule has 4 aromatic carbocycles. The van der Waals surface area contributed by atoms with E-state index in [2.05, 4.69) is 5.32 Å². The molecule has 0 aliphatic carbocycles. The van der Waals surface area contributed by atoms with Crippen molar-refractivity contribution in [3.8, 4) is 5.75 Å². The summed E-state index contributed by atoms with van der Waals surface area (Å²) < 4.78 is 34.7. The minimum atomic E-state index is -3.92. The van der Waals surface area contributed by atoms with E-state index in [1.54, 1.807) is 48.5 Å². The number of sulfonamides is 1. The van der Waals surface area contributed by atoms with E-state index in [4.69, 9.17) is 4.74 Å². The molecule has 0 spiro atoms. The van der Waals surface area contributed by atoms with Crippen molar-refractivity contribution in [3.05, 3.63) is 125 Å². The molecule has 0 fully saturated rings. The Morgan fingerprint density at radius 2 is 1.51 bits per heavy atom. The molecule has 1 N–H and O–H groups in total. The first-order chi connectivity index (χ1) is 17.8. The van der Waals surface area contributed by atoms with Crippen LogP contribution in [0.4, 0.5) is 5.69 Å². The molecule has 0 radical (unpaired) electrons. The number of carbonyl (C=O) groups is 1. The number of benzene rings is 4. The molecule has 6 nitrogen and oxygen atoms in total. The number of amides is 1. The summed E-state index contributed by atoms with van der Waals surface area (Å²) in [5.41, 5.74) is 4.29. The highest BCUT2D eigenvalue weighted by molar-refractivity contribution is 7.92. The summed E-state index contributed by atoms with van der Waals surface area (Å²) in [5, 5.41) is 3.12. The molecule has 188 valence electrons. The van der Waals surface area contributed by atoms with Crippen LogP contribution in [0.5, 0.6) is 5.75 Å². The first-order valence-corrected chi connectivity index (χ1v) is 13.5. The van der Waals surface area contributed by atoms with Crippen LogP contribution in [0.3, 0.4) is 0 Å². The highest BCUT2D eigenvalue weighted by Crippen LogP contribution is 2.37. The second-order valence-corrected chi connectivity index (χ2v) is 11.0. The van der Waals surface area contributed by atoms with Crippen LogP contribution in [-0.2, 0) is 14.8 Å². The fraction of sp³-hybridized carbons (Fsp3) is 0.167. The standard InChI is InChI=1S/C30H28N2O4S/c1-21-16-18-24(19-17-21)37(34,35)32-20-28(36-27-15-9-8-14-26(27)32)30(33)31-29(23-11-4-3-5-12-23)25-13-7-6-10-22(25)2/h3-19,28-29H,20H2,1-2H3,(H,31,33)/t28-,29-/m0/s1. The average Bonchev–Trinajstić information content (AvgIpc) is 2.92. The molecule has 0 saturated heterocycles. The zero-order chi connectivity index (χ0) is 26.0. The molecular formula is C30H28N2O4S. The van der Waals surface area contributed by atoms with Gasteiger partial charge in [-0.25, -0.2) is 8.42 Å². The summed E-state index contributed by atoms with van der Waals surface area (Å²) in [6.07, 6.45) is -1.04. The van der Waals surface area contributed by atoms with E-state index < -0.39 is 28.1 Å². The molecule has 1 aliphatic heterocycles. The number of para-hydroxylation sites is 2. The largest absolute Gasteiger partial charge is 0.476 e. The zero-order valence-electron chi connectivity index (χ0n) is 20.7. The van der Waals surface area contributed by atoms with Gasteiger partial charge in [0.05, 0.1) is 23.2 Å². The SMILES string of the molecule is Cc1ccc(S(=O)(=O)N2C[C@@H](C(=O)N[C@@H](c3ccccc3)c3ccccc3C)Oc3ccccc32)cc1. The van der Waals surface area contributed by atoms with Gasteiger partial charge < -0.3 is 10.1 Å². The lowest BCUT2D eigenvalue weighted by atomic mass is 9.94. The Hall–Kier alpha value is -4.10. The van der Waals surface area contributed by atoms with E-state index >= 15 is 0 Å². The smallest absolute Gasteiger partial charge is 0.264 e. The summed E-state index contributed by atoms with van der Waals surface area (Å²) in [4.78, 5) is 13.8. The van der Waals surface area contributed by atoms with Gasteiger partial charge in [-0.1, -0.05) is 84.4 Å². The van der Waals surface area contributed by atoms with Crippen molar-refractivity contribution < 1.29 is 17.9 Å². The predicted molar refractivity (Wildman–Crippen MR) is 144 cm³/mol. The van der Waals surface area contributed by atoms with Crippen molar-refractivity contribution in [2.75, 3.05) is 10.8 Å². The maximum absolute atomic E-state index is 13.7. The van der Waals surface area contributed by atoms with Gasteiger partial charge in [0.2, 0.25) is 0 Å². The van der Waals surface area contributed by atoms with E-state index in [-0.39, 0.29) is 11.4 Å². The van der Waals surface area contributed by atoms with Crippen LogP contribution in [-0.4, -0.2) is 27.0 Å². The second-order valence-electron chi connectivity index (χ2n) is 9.13. The molecule has 0 aromatic heterocycles. The van der Waals surface area contributed by atoms with Gasteiger partial charge in [0.25, 0.3) is 15.9 Å². The quantitative estimate of drug-likeness (QED) is 0.387. The van der Waals surface area contributed by atoms with Crippen LogP contribution < -0.4 is 14.4 Å². The van der Waals surface area contributed by atoms with Crippen LogP contribution in [0, 0.1) is 13.8 Å². The van der Waals surface area contributed by atoms with E-state index in [1.165, 1.54) is 4.31 Å². The van der Waals surface area contributed by atoms with Crippen molar-refractivity contribution in [2.24, 2.45) is 0 Å². The van der Waals surface area contributed by atoms with Crippen molar-refractivity contribution in [1.29, 1.82) is 0 Å². The van der Waals surface area contributed by atoms with E-state index in [1.807, 2.05) is 68.4 Å². The third-order valence-electron chi connectivity index (χ3n) is 6.56. The Morgan fingerprint density at radius 1 is 0.865 bits per heavy atom. The average molecular weight is 513 g/mol. The van der Waals surface area contributed by atoms with E-state index in [0.717, 1.165) is 22.3 Å². The van der Waals surface area contributed by atoms with Gasteiger partial charge in [0.1, 0.15) is 5.75 Å². The van der Waals surface area contributed by atoms with Gasteiger partial charge in [-0.3, -0.25) is 9.10 Å². The van der Waals surface area contributed by atoms with Crippen molar-refractivity contribution in [3.63, 3.8) is 0 Å². The lowest BCUT2D eigenvalue weighted by Crippen LogP contribution is -2.51. The summed E-state index contributed by atoms with van der Waals surface area (Å²) in [5.74, 6) is -0.0487. The number of ether oxygens (including phenoxy) is 1. The number of nitrogens with one attached hydrogen (secondary N) is 1. The molecule has 1 amide bonds. The molecule has 2 atom stereocenters. The molecular weight excluding hydrogens is 484 g/mol. The summed E-state index contributed by atoms with van der Waals surface area (Å²) in [7, 11) is -3.92. The van der Waals surface area contributed by atoms with Crippen LogP contribution in [0.25, 0.3) is 0 Å². The molecule has 0 bridgehead atoms. The van der Waals surface area contributed by atoms with E-state index in [9.17, 15) is 13.2 Å². The number of hydrogen-bond donors (Lipinski definition) is 1. The number of carbonyl (C=O) groups excluding carboxylic acids is 1. The monoisotopic (exact) mass is 512 g/mol. The van der Waals surface area contributed by atoms with Gasteiger partial charge in [0.15, 0.2) is 6.10 Å². The number of nitrogens with zero attached hydrogens (tertiary/aromatic N) is 1. The maximum Gasteiger partial charge on any atom is 0.264 e. The van der Waals surface area contributed by atoms with Gasteiger partial charge in [-0.05, 0) is 54.8 Å². The fourth-order valence-corrected chi connectivity index (χ4v) is 6.01. The third-order valence-corrected chi connectivity index (χ3v) is 8.35. The number of rotatable bonds is 6. The molecule has 1 heterocycles. The minimum absolute atomic E-state index is 0.145. The third kappa shape index (κ3) is 4.95. The molecule has 7 heteroatoms. The summed E-state index contributed by atoms with van der Waals surface area (Å²) in [6.45, 7) is 3.76. The topological polar surface area (TPSA) is 75.7 Å². The number of fused-ring (bicyclic) bond motifs is 1.